The second kappa shape index (κ2) is 8.96. The number of nitrogens with zero attached hydrogens (tertiary/aromatic N) is 4. The van der Waals surface area contributed by atoms with Crippen molar-refractivity contribution in [1.29, 1.82) is 0 Å². The molecule has 0 aliphatic heterocycles. The maximum atomic E-state index is 6.22. The maximum absolute atomic E-state index is 6.22. The molecule has 0 aliphatic carbocycles. The Bertz CT molecular complexity index is 2090. The summed E-state index contributed by atoms with van der Waals surface area (Å²) in [6, 6.07) is 40.5. The number of aromatic amines is 1. The fourth-order valence-electron chi connectivity index (χ4n) is 5.09. The van der Waals surface area contributed by atoms with Crippen molar-refractivity contribution in [3.8, 4) is 28.5 Å². The molecule has 5 aromatic carbocycles. The third-order valence-corrected chi connectivity index (χ3v) is 6.99. The van der Waals surface area contributed by atoms with E-state index < -0.39 is 0 Å². The Kier molecular flexibility index (Phi) is 4.99. The van der Waals surface area contributed by atoms with Crippen molar-refractivity contribution in [1.82, 2.24) is 24.5 Å². The highest BCUT2D eigenvalue weighted by Gasteiger charge is 2.18. The number of benzene rings is 5. The smallest absolute Gasteiger partial charge is 0.227 e. The number of aromatic nitrogens is 5. The predicted octanol–water partition coefficient (Wildman–Crippen LogP) is 8.12. The quantitative estimate of drug-likeness (QED) is 0.240. The predicted molar refractivity (Wildman–Crippen MR) is 159 cm³/mol. The summed E-state index contributed by atoms with van der Waals surface area (Å²) in [5.41, 5.74) is 9.11. The fraction of sp³-hybridized carbons (Fsp3) is 0. The van der Waals surface area contributed by atoms with Crippen molar-refractivity contribution in [2.24, 2.45) is 0 Å². The van der Waals surface area contributed by atoms with Crippen molar-refractivity contribution in [3.05, 3.63) is 121 Å². The second-order valence-corrected chi connectivity index (χ2v) is 9.60. The number of imidazole rings is 2. The van der Waals surface area contributed by atoms with Crippen LogP contribution in [0.3, 0.4) is 0 Å². The van der Waals surface area contributed by atoms with Gasteiger partial charge in [0.2, 0.25) is 11.8 Å². The maximum Gasteiger partial charge on any atom is 0.227 e. The summed E-state index contributed by atoms with van der Waals surface area (Å²) in [5.74, 6) is 2.14. The highest BCUT2D eigenvalue weighted by Crippen LogP contribution is 2.33. The number of hydrogen-bond acceptors (Lipinski definition) is 5. The molecule has 3 aromatic heterocycles. The van der Waals surface area contributed by atoms with Crippen molar-refractivity contribution in [2.75, 3.05) is 5.32 Å². The first-order chi connectivity index (χ1) is 19.8. The number of para-hydroxylation sites is 3. The standard InChI is InChI=1S/C33H22N6O/c1-3-9-21(10-4-1)31-35-27-20-30-28(19-29(27)39(31)24-11-5-2-6-12-24)36-32(40-30)22-15-17-23(18-16-22)34-33-37-25-13-7-8-14-26(25)38-33/h1-20H,(H2,34,37,38). The van der Waals surface area contributed by atoms with E-state index in [2.05, 4.69) is 50.2 Å². The SMILES string of the molecule is c1ccc(-c2nc3cc4oc(-c5ccc(Nc6nc7ccccc7[nH]6)cc5)nc4cc3n2-c2ccccc2)cc1. The van der Waals surface area contributed by atoms with E-state index in [0.29, 0.717) is 17.4 Å². The van der Waals surface area contributed by atoms with Crippen LogP contribution in [0.15, 0.2) is 126 Å². The molecule has 0 saturated heterocycles. The first-order valence-electron chi connectivity index (χ1n) is 13.0. The van der Waals surface area contributed by atoms with Crippen LogP contribution in [-0.2, 0) is 0 Å². The van der Waals surface area contributed by atoms with E-state index in [1.165, 1.54) is 0 Å². The van der Waals surface area contributed by atoms with Gasteiger partial charge in [-0.3, -0.25) is 4.57 Å². The zero-order chi connectivity index (χ0) is 26.5. The van der Waals surface area contributed by atoms with Gasteiger partial charge in [-0.1, -0.05) is 60.7 Å². The number of H-pyrrole nitrogens is 1. The van der Waals surface area contributed by atoms with Crippen LogP contribution in [0.1, 0.15) is 0 Å². The molecular formula is C33H22N6O. The number of nitrogens with one attached hydrogen (secondary N) is 2. The van der Waals surface area contributed by atoms with E-state index in [-0.39, 0.29) is 0 Å². The van der Waals surface area contributed by atoms with E-state index in [9.17, 15) is 0 Å². The zero-order valence-electron chi connectivity index (χ0n) is 21.2. The van der Waals surface area contributed by atoms with Crippen LogP contribution < -0.4 is 5.32 Å². The molecule has 8 aromatic rings. The lowest BCUT2D eigenvalue weighted by Crippen LogP contribution is -1.97. The number of oxazole rings is 1. The Morgan fingerprint density at radius 1 is 0.625 bits per heavy atom. The van der Waals surface area contributed by atoms with Gasteiger partial charge in [0.1, 0.15) is 11.3 Å². The van der Waals surface area contributed by atoms with Gasteiger partial charge >= 0.3 is 0 Å². The molecule has 0 fully saturated rings. The van der Waals surface area contributed by atoms with Gasteiger partial charge < -0.3 is 14.7 Å². The molecule has 0 atom stereocenters. The van der Waals surface area contributed by atoms with Crippen LogP contribution in [-0.4, -0.2) is 24.5 Å². The summed E-state index contributed by atoms with van der Waals surface area (Å²) in [5, 5.41) is 3.33. The highest BCUT2D eigenvalue weighted by molar-refractivity contribution is 5.94. The van der Waals surface area contributed by atoms with Crippen LogP contribution in [0.25, 0.3) is 61.7 Å². The van der Waals surface area contributed by atoms with Crippen molar-refractivity contribution >= 4 is 44.8 Å². The molecule has 0 bridgehead atoms. The minimum atomic E-state index is 0.562. The first-order valence-corrected chi connectivity index (χ1v) is 13.0. The lowest BCUT2D eigenvalue weighted by molar-refractivity contribution is 0.620. The summed E-state index contributed by atoms with van der Waals surface area (Å²) in [7, 11) is 0. The van der Waals surface area contributed by atoms with Gasteiger partial charge in [0, 0.05) is 28.6 Å². The van der Waals surface area contributed by atoms with Crippen molar-refractivity contribution in [3.63, 3.8) is 0 Å². The van der Waals surface area contributed by atoms with Gasteiger partial charge in [0.25, 0.3) is 0 Å². The molecule has 8 rings (SSSR count). The minimum absolute atomic E-state index is 0.562. The topological polar surface area (TPSA) is 84.6 Å². The molecule has 0 amide bonds. The summed E-state index contributed by atoms with van der Waals surface area (Å²) in [4.78, 5) is 17.7. The Hall–Kier alpha value is -5.69. The van der Waals surface area contributed by atoms with E-state index in [1.54, 1.807) is 0 Å². The molecular weight excluding hydrogens is 496 g/mol. The first kappa shape index (κ1) is 22.3. The Morgan fingerprint density at radius 3 is 2.17 bits per heavy atom. The van der Waals surface area contributed by atoms with Gasteiger partial charge in [0.15, 0.2) is 5.58 Å². The summed E-state index contributed by atoms with van der Waals surface area (Å²) >= 11 is 0. The van der Waals surface area contributed by atoms with E-state index in [4.69, 9.17) is 14.4 Å². The van der Waals surface area contributed by atoms with E-state index in [1.807, 2.05) is 91.0 Å². The van der Waals surface area contributed by atoms with Crippen LogP contribution in [0.2, 0.25) is 0 Å². The van der Waals surface area contributed by atoms with Crippen LogP contribution in [0, 0.1) is 0 Å². The molecule has 0 unspecified atom stereocenters. The number of hydrogen-bond donors (Lipinski definition) is 2. The molecule has 7 heteroatoms. The third-order valence-electron chi connectivity index (χ3n) is 6.99. The van der Waals surface area contributed by atoms with Crippen molar-refractivity contribution in [2.45, 2.75) is 0 Å². The highest BCUT2D eigenvalue weighted by atomic mass is 16.3. The molecule has 3 heterocycles. The average molecular weight is 519 g/mol. The van der Waals surface area contributed by atoms with Gasteiger partial charge in [-0.2, -0.15) is 0 Å². The summed E-state index contributed by atoms with van der Waals surface area (Å²) in [6.45, 7) is 0. The van der Waals surface area contributed by atoms with E-state index >= 15 is 0 Å². The largest absolute Gasteiger partial charge is 0.436 e. The molecule has 7 nitrogen and oxygen atoms in total. The lowest BCUT2D eigenvalue weighted by Gasteiger charge is -2.09. The van der Waals surface area contributed by atoms with Gasteiger partial charge in [0.05, 0.1) is 22.1 Å². The Balaban J connectivity index is 1.16. The molecule has 2 N–H and O–H groups in total. The van der Waals surface area contributed by atoms with Crippen molar-refractivity contribution < 1.29 is 4.42 Å². The fourth-order valence-corrected chi connectivity index (χ4v) is 5.09. The molecule has 0 saturated carbocycles. The number of anilines is 2. The average Bonchev–Trinajstić information content (AvgIpc) is 3.71. The third kappa shape index (κ3) is 3.80. The number of fused-ring (bicyclic) bond motifs is 3. The van der Waals surface area contributed by atoms with E-state index in [0.717, 1.165) is 55.9 Å². The van der Waals surface area contributed by atoms with Crippen LogP contribution in [0.4, 0.5) is 11.6 Å². The van der Waals surface area contributed by atoms with Crippen LogP contribution >= 0.6 is 0 Å². The van der Waals surface area contributed by atoms with Gasteiger partial charge in [-0.05, 0) is 54.6 Å². The Morgan fingerprint density at radius 2 is 1.38 bits per heavy atom. The second-order valence-electron chi connectivity index (χ2n) is 9.60. The lowest BCUT2D eigenvalue weighted by atomic mass is 10.2. The summed E-state index contributed by atoms with van der Waals surface area (Å²) in [6.07, 6.45) is 0. The molecule has 40 heavy (non-hydrogen) atoms. The zero-order valence-corrected chi connectivity index (χ0v) is 21.2. The minimum Gasteiger partial charge on any atom is -0.436 e. The molecule has 190 valence electrons. The normalized spacial score (nSPS) is 11.5. The summed E-state index contributed by atoms with van der Waals surface area (Å²) < 4.78 is 8.40. The number of rotatable bonds is 5. The van der Waals surface area contributed by atoms with Crippen LogP contribution in [0.5, 0.6) is 0 Å². The Labute approximate surface area is 228 Å². The monoisotopic (exact) mass is 518 g/mol. The molecule has 0 radical (unpaired) electrons. The van der Waals surface area contributed by atoms with Gasteiger partial charge in [-0.25, -0.2) is 15.0 Å². The molecule has 0 spiro atoms. The molecule has 0 aliphatic rings. The van der Waals surface area contributed by atoms with Gasteiger partial charge in [-0.15, -0.1) is 0 Å².